The first-order valence-electron chi connectivity index (χ1n) is 6.36. The Labute approximate surface area is 129 Å². The lowest BCUT2D eigenvalue weighted by atomic mass is 10.2. The van der Waals surface area contributed by atoms with Crippen molar-refractivity contribution in [1.29, 1.82) is 0 Å². The molecule has 0 saturated carbocycles. The normalized spacial score (nSPS) is 13.0. The molecule has 0 aliphatic heterocycles. The van der Waals surface area contributed by atoms with Gasteiger partial charge < -0.3 is 4.57 Å². The van der Waals surface area contributed by atoms with E-state index in [4.69, 9.17) is 11.6 Å². The highest BCUT2D eigenvalue weighted by atomic mass is 35.5. The summed E-state index contributed by atoms with van der Waals surface area (Å²) in [5, 5.41) is 0.807. The summed E-state index contributed by atoms with van der Waals surface area (Å²) in [6.45, 7) is 3.82. The number of thiazole rings is 1. The standard InChI is InChI=1S/C14H12ClF2N3S/c1-7-6-18-14(21-7)8(2)20-11(5-15)19-10-4-3-9(16)12(17)13(10)20/h3-4,6,8H,5H2,1-2H3. The van der Waals surface area contributed by atoms with Crippen molar-refractivity contribution in [3.8, 4) is 0 Å². The molecule has 1 aromatic carbocycles. The van der Waals surface area contributed by atoms with Crippen molar-refractivity contribution in [3.63, 3.8) is 0 Å². The number of hydrogen-bond acceptors (Lipinski definition) is 3. The highest BCUT2D eigenvalue weighted by Gasteiger charge is 2.22. The summed E-state index contributed by atoms with van der Waals surface area (Å²) in [4.78, 5) is 9.66. The second kappa shape index (κ2) is 5.35. The quantitative estimate of drug-likeness (QED) is 0.666. The van der Waals surface area contributed by atoms with Crippen LogP contribution in [0, 0.1) is 18.6 Å². The number of halogens is 3. The van der Waals surface area contributed by atoms with E-state index in [9.17, 15) is 8.78 Å². The molecular formula is C14H12ClF2N3S. The monoisotopic (exact) mass is 327 g/mol. The number of alkyl halides is 1. The Hall–Kier alpha value is -1.53. The van der Waals surface area contributed by atoms with Gasteiger partial charge in [0.05, 0.1) is 17.4 Å². The van der Waals surface area contributed by atoms with Crippen molar-refractivity contribution < 1.29 is 8.78 Å². The number of aromatic nitrogens is 3. The highest BCUT2D eigenvalue weighted by molar-refractivity contribution is 7.11. The van der Waals surface area contributed by atoms with Crippen LogP contribution in [0.2, 0.25) is 0 Å². The van der Waals surface area contributed by atoms with Crippen molar-refractivity contribution >= 4 is 34.0 Å². The van der Waals surface area contributed by atoms with Crippen molar-refractivity contribution in [2.24, 2.45) is 0 Å². The summed E-state index contributed by atoms with van der Waals surface area (Å²) in [6.07, 6.45) is 1.76. The van der Waals surface area contributed by atoms with Crippen LogP contribution in [0.3, 0.4) is 0 Å². The van der Waals surface area contributed by atoms with Gasteiger partial charge in [0.15, 0.2) is 11.6 Å². The molecule has 2 aromatic heterocycles. The Kier molecular flexibility index (Phi) is 3.67. The average Bonchev–Trinajstić information content (AvgIpc) is 3.06. The van der Waals surface area contributed by atoms with Crippen LogP contribution in [-0.2, 0) is 5.88 Å². The molecule has 0 N–H and O–H groups in total. The van der Waals surface area contributed by atoms with Crippen molar-refractivity contribution in [2.75, 3.05) is 0 Å². The van der Waals surface area contributed by atoms with Crippen molar-refractivity contribution in [2.45, 2.75) is 25.8 Å². The van der Waals surface area contributed by atoms with Gasteiger partial charge in [0, 0.05) is 11.1 Å². The van der Waals surface area contributed by atoms with Gasteiger partial charge in [-0.15, -0.1) is 22.9 Å². The number of benzene rings is 1. The van der Waals surface area contributed by atoms with Crippen LogP contribution in [0.1, 0.15) is 28.7 Å². The third kappa shape index (κ3) is 2.32. The van der Waals surface area contributed by atoms with E-state index in [1.54, 1.807) is 10.8 Å². The van der Waals surface area contributed by atoms with E-state index in [-0.39, 0.29) is 17.4 Å². The Bertz CT molecular complexity index is 812. The highest BCUT2D eigenvalue weighted by Crippen LogP contribution is 2.31. The molecule has 0 spiro atoms. The molecule has 0 aliphatic carbocycles. The molecule has 1 atom stereocenters. The lowest BCUT2D eigenvalue weighted by Crippen LogP contribution is -2.10. The van der Waals surface area contributed by atoms with Gasteiger partial charge in [-0.2, -0.15) is 0 Å². The van der Waals surface area contributed by atoms with E-state index in [1.165, 1.54) is 17.4 Å². The second-order valence-electron chi connectivity index (χ2n) is 4.75. The molecule has 0 fully saturated rings. The summed E-state index contributed by atoms with van der Waals surface area (Å²) in [5.74, 6) is -1.19. The minimum Gasteiger partial charge on any atom is -0.315 e. The number of hydrogen-bond donors (Lipinski definition) is 0. The Morgan fingerprint density at radius 2 is 2.14 bits per heavy atom. The number of rotatable bonds is 3. The fraction of sp³-hybridized carbons (Fsp3) is 0.286. The minimum absolute atomic E-state index is 0.116. The molecule has 0 amide bonds. The minimum atomic E-state index is -0.906. The van der Waals surface area contributed by atoms with Gasteiger partial charge >= 0.3 is 0 Å². The Morgan fingerprint density at radius 1 is 1.38 bits per heavy atom. The van der Waals surface area contributed by atoms with Gasteiger partial charge in [-0.25, -0.2) is 18.7 Å². The van der Waals surface area contributed by atoms with Crippen molar-refractivity contribution in [1.82, 2.24) is 14.5 Å². The molecular weight excluding hydrogens is 316 g/mol. The summed E-state index contributed by atoms with van der Waals surface area (Å²) >= 11 is 7.43. The molecule has 0 aliphatic rings. The van der Waals surface area contributed by atoms with Gasteiger partial charge in [0.1, 0.15) is 16.3 Å². The molecule has 21 heavy (non-hydrogen) atoms. The Balaban J connectivity index is 2.27. The van der Waals surface area contributed by atoms with Crippen LogP contribution in [0.15, 0.2) is 18.3 Å². The molecule has 110 valence electrons. The first-order chi connectivity index (χ1) is 10.0. The van der Waals surface area contributed by atoms with E-state index in [2.05, 4.69) is 9.97 Å². The fourth-order valence-electron chi connectivity index (χ4n) is 2.36. The molecule has 0 bridgehead atoms. The first kappa shape index (κ1) is 14.4. The molecule has 3 aromatic rings. The maximum Gasteiger partial charge on any atom is 0.184 e. The molecule has 3 nitrogen and oxygen atoms in total. The van der Waals surface area contributed by atoms with E-state index < -0.39 is 11.6 Å². The van der Waals surface area contributed by atoms with Gasteiger partial charge in [0.2, 0.25) is 0 Å². The van der Waals surface area contributed by atoms with E-state index in [1.807, 2.05) is 13.8 Å². The number of fused-ring (bicyclic) bond motifs is 1. The zero-order valence-electron chi connectivity index (χ0n) is 11.4. The van der Waals surface area contributed by atoms with Gasteiger partial charge in [0.25, 0.3) is 0 Å². The summed E-state index contributed by atoms with van der Waals surface area (Å²) in [5.41, 5.74) is 0.524. The van der Waals surface area contributed by atoms with E-state index >= 15 is 0 Å². The molecule has 3 rings (SSSR count). The molecule has 0 saturated heterocycles. The summed E-state index contributed by atoms with van der Waals surface area (Å²) < 4.78 is 29.4. The van der Waals surface area contributed by atoms with Crippen LogP contribution in [0.4, 0.5) is 8.78 Å². The number of nitrogens with zero attached hydrogens (tertiary/aromatic N) is 3. The maximum atomic E-state index is 14.2. The smallest absolute Gasteiger partial charge is 0.184 e. The Morgan fingerprint density at radius 3 is 2.76 bits per heavy atom. The maximum absolute atomic E-state index is 14.2. The van der Waals surface area contributed by atoms with Gasteiger partial charge in [-0.1, -0.05) is 0 Å². The van der Waals surface area contributed by atoms with Gasteiger partial charge in [-0.3, -0.25) is 0 Å². The number of imidazole rings is 1. The van der Waals surface area contributed by atoms with Gasteiger partial charge in [-0.05, 0) is 26.0 Å². The molecule has 0 radical (unpaired) electrons. The van der Waals surface area contributed by atoms with Crippen molar-refractivity contribution in [3.05, 3.63) is 45.7 Å². The van der Waals surface area contributed by atoms with Crippen LogP contribution in [0.25, 0.3) is 11.0 Å². The first-order valence-corrected chi connectivity index (χ1v) is 7.71. The predicted molar refractivity (Wildman–Crippen MR) is 79.9 cm³/mol. The van der Waals surface area contributed by atoms with E-state index in [0.717, 1.165) is 16.0 Å². The lowest BCUT2D eigenvalue weighted by molar-refractivity contribution is 0.507. The van der Waals surface area contributed by atoms with Crippen LogP contribution >= 0.6 is 22.9 Å². The summed E-state index contributed by atoms with van der Waals surface area (Å²) in [7, 11) is 0. The fourth-order valence-corrected chi connectivity index (χ4v) is 3.36. The number of aryl methyl sites for hydroxylation is 1. The topological polar surface area (TPSA) is 30.7 Å². The van der Waals surface area contributed by atoms with E-state index in [0.29, 0.717) is 11.3 Å². The van der Waals surface area contributed by atoms with Crippen LogP contribution in [-0.4, -0.2) is 14.5 Å². The third-order valence-corrected chi connectivity index (χ3v) is 4.64. The predicted octanol–water partition coefficient (Wildman–Crippen LogP) is 4.43. The molecule has 1 unspecified atom stereocenters. The molecule has 2 heterocycles. The largest absolute Gasteiger partial charge is 0.315 e. The van der Waals surface area contributed by atoms with Crippen LogP contribution in [0.5, 0.6) is 0 Å². The second-order valence-corrected chi connectivity index (χ2v) is 6.28. The SMILES string of the molecule is Cc1cnc(C(C)n2c(CCl)nc3ccc(F)c(F)c32)s1. The third-order valence-electron chi connectivity index (χ3n) is 3.32. The zero-order valence-corrected chi connectivity index (χ0v) is 13.0. The average molecular weight is 328 g/mol. The van der Waals surface area contributed by atoms with Crippen LogP contribution < -0.4 is 0 Å². The lowest BCUT2D eigenvalue weighted by Gasteiger charge is -2.15. The molecule has 7 heteroatoms. The zero-order chi connectivity index (χ0) is 15.1. The summed E-state index contributed by atoms with van der Waals surface area (Å²) in [6, 6.07) is 2.27.